The summed E-state index contributed by atoms with van der Waals surface area (Å²) in [7, 11) is 0. The minimum atomic E-state index is -0.953. The van der Waals surface area contributed by atoms with Gasteiger partial charge in [-0.05, 0) is 24.8 Å². The number of nitrogens with one attached hydrogen (secondary N) is 6. The van der Waals surface area contributed by atoms with Gasteiger partial charge in [-0.2, -0.15) is 0 Å². The summed E-state index contributed by atoms with van der Waals surface area (Å²) in [5.41, 5.74) is 9.20. The monoisotopic (exact) mass is 370 g/mol. The number of hydrogen-bond acceptors (Lipinski definition) is 8. The molecule has 1 amide bonds. The van der Waals surface area contributed by atoms with Crippen LogP contribution in [0.4, 0.5) is 4.39 Å². The van der Waals surface area contributed by atoms with Crippen LogP contribution in [0.25, 0.3) is 0 Å². The smallest absolute Gasteiger partial charge is 0.229 e. The molecule has 9 nitrogen and oxygen atoms in total. The summed E-state index contributed by atoms with van der Waals surface area (Å²) in [6, 6.07) is 0.0849. The zero-order valence-electron chi connectivity index (χ0n) is 15.0. The molecule has 26 heavy (non-hydrogen) atoms. The van der Waals surface area contributed by atoms with E-state index in [1.54, 1.807) is 5.01 Å². The van der Waals surface area contributed by atoms with Crippen molar-refractivity contribution in [1.29, 1.82) is 0 Å². The standard InChI is InChI=1S/C16H31FN8O/c17-10-5-22-15-13(14(18)24-25(15)7-10)16(26)23-12-6-19-2-1-11(12)9-3-20-8-21-4-9/h9-15,19-22,24H,1-8,18H2,(H,23,26). The normalized spacial score (nSPS) is 42.4. The van der Waals surface area contributed by atoms with Crippen molar-refractivity contribution in [2.24, 2.45) is 23.5 Å². The van der Waals surface area contributed by atoms with Crippen molar-refractivity contribution in [2.45, 2.75) is 31.0 Å². The lowest BCUT2D eigenvalue weighted by Crippen LogP contribution is -2.61. The summed E-state index contributed by atoms with van der Waals surface area (Å²) in [6.45, 7) is 5.06. The number of piperidine rings is 1. The largest absolute Gasteiger partial charge is 0.351 e. The quantitative estimate of drug-likeness (QED) is 0.278. The second kappa shape index (κ2) is 8.01. The molecular formula is C16H31FN8O. The molecule has 4 aliphatic rings. The molecule has 6 atom stereocenters. The van der Waals surface area contributed by atoms with Gasteiger partial charge in [0.25, 0.3) is 0 Å². The second-order valence-electron chi connectivity index (χ2n) is 7.90. The highest BCUT2D eigenvalue weighted by Gasteiger charge is 2.47. The van der Waals surface area contributed by atoms with Gasteiger partial charge in [0.15, 0.2) is 0 Å². The lowest BCUT2D eigenvalue weighted by Gasteiger charge is -2.40. The molecular weight excluding hydrogens is 339 g/mol. The first-order valence-corrected chi connectivity index (χ1v) is 9.72. The number of halogens is 1. The van der Waals surface area contributed by atoms with E-state index in [-0.39, 0.29) is 31.2 Å². The van der Waals surface area contributed by atoms with E-state index in [1.165, 1.54) is 0 Å². The van der Waals surface area contributed by atoms with Crippen molar-refractivity contribution in [1.82, 2.24) is 37.0 Å². The van der Waals surface area contributed by atoms with Crippen LogP contribution < -0.4 is 37.7 Å². The van der Waals surface area contributed by atoms with Crippen LogP contribution in [0.3, 0.4) is 0 Å². The van der Waals surface area contributed by atoms with E-state index in [0.29, 0.717) is 11.8 Å². The Balaban J connectivity index is 1.41. The zero-order chi connectivity index (χ0) is 18.1. The minimum absolute atomic E-state index is 0.0577. The zero-order valence-corrected chi connectivity index (χ0v) is 15.0. The maximum absolute atomic E-state index is 13.6. The Bertz CT molecular complexity index is 505. The number of hydrogen-bond donors (Lipinski definition) is 7. The minimum Gasteiger partial charge on any atom is -0.351 e. The molecule has 148 valence electrons. The van der Waals surface area contributed by atoms with Gasteiger partial charge in [0.2, 0.25) is 5.91 Å². The van der Waals surface area contributed by atoms with Gasteiger partial charge in [-0.3, -0.25) is 10.1 Å². The molecule has 0 aromatic heterocycles. The number of carbonyl (C=O) groups excluding carboxylic acids is 1. The summed E-state index contributed by atoms with van der Waals surface area (Å²) in [6.07, 6.45) is -0.674. The molecule has 0 bridgehead atoms. The van der Waals surface area contributed by atoms with Crippen LogP contribution in [0.15, 0.2) is 0 Å². The Hall–Kier alpha value is -0.880. The molecule has 0 aromatic carbocycles. The molecule has 8 N–H and O–H groups in total. The predicted octanol–water partition coefficient (Wildman–Crippen LogP) is -3.16. The van der Waals surface area contributed by atoms with Gasteiger partial charge in [-0.25, -0.2) is 14.8 Å². The summed E-state index contributed by atoms with van der Waals surface area (Å²) < 4.78 is 13.6. The first kappa shape index (κ1) is 18.5. The van der Waals surface area contributed by atoms with Gasteiger partial charge in [0.05, 0.1) is 18.2 Å². The number of hydrazine groups is 1. The summed E-state index contributed by atoms with van der Waals surface area (Å²) in [4.78, 5) is 13.0. The Kier molecular flexibility index (Phi) is 5.69. The van der Waals surface area contributed by atoms with Crippen LogP contribution in [0.1, 0.15) is 6.42 Å². The van der Waals surface area contributed by atoms with Crippen molar-refractivity contribution in [3.8, 4) is 0 Å². The molecule has 10 heteroatoms. The number of alkyl halides is 1. The molecule has 0 radical (unpaired) electrons. The number of carbonyl (C=O) groups is 1. The van der Waals surface area contributed by atoms with Crippen molar-refractivity contribution in [3.05, 3.63) is 0 Å². The Labute approximate surface area is 153 Å². The number of fused-ring (bicyclic) bond motifs is 1. The SMILES string of the molecule is NC1NN2CC(F)CNC2C1C(=O)NC1CNCCC1C1CNCNC1. The fourth-order valence-electron chi connectivity index (χ4n) is 4.84. The van der Waals surface area contributed by atoms with E-state index in [0.717, 1.165) is 39.3 Å². The van der Waals surface area contributed by atoms with E-state index in [1.807, 2.05) is 0 Å². The summed E-state index contributed by atoms with van der Waals surface area (Å²) in [5.74, 6) is 0.435. The topological polar surface area (TPSA) is 119 Å². The van der Waals surface area contributed by atoms with Crippen molar-refractivity contribution in [2.75, 3.05) is 45.9 Å². The van der Waals surface area contributed by atoms with Crippen LogP contribution in [0.2, 0.25) is 0 Å². The second-order valence-corrected chi connectivity index (χ2v) is 7.90. The first-order valence-electron chi connectivity index (χ1n) is 9.72. The molecule has 4 heterocycles. The highest BCUT2D eigenvalue weighted by molar-refractivity contribution is 5.80. The van der Waals surface area contributed by atoms with Crippen LogP contribution in [0.5, 0.6) is 0 Å². The maximum Gasteiger partial charge on any atom is 0.229 e. The molecule has 4 saturated heterocycles. The van der Waals surface area contributed by atoms with Gasteiger partial charge in [0, 0.05) is 45.4 Å². The predicted molar refractivity (Wildman–Crippen MR) is 95.3 cm³/mol. The van der Waals surface area contributed by atoms with Crippen molar-refractivity contribution in [3.63, 3.8) is 0 Å². The molecule has 4 rings (SSSR count). The highest BCUT2D eigenvalue weighted by atomic mass is 19.1. The average molecular weight is 370 g/mol. The van der Waals surface area contributed by atoms with E-state index >= 15 is 0 Å². The Morgan fingerprint density at radius 3 is 2.77 bits per heavy atom. The number of amides is 1. The van der Waals surface area contributed by atoms with Crippen molar-refractivity contribution >= 4 is 5.91 Å². The lowest BCUT2D eigenvalue weighted by molar-refractivity contribution is -0.128. The van der Waals surface area contributed by atoms with E-state index in [4.69, 9.17) is 5.73 Å². The Morgan fingerprint density at radius 2 is 1.96 bits per heavy atom. The highest BCUT2D eigenvalue weighted by Crippen LogP contribution is 2.25. The van der Waals surface area contributed by atoms with Gasteiger partial charge < -0.3 is 27.0 Å². The maximum atomic E-state index is 13.6. The first-order chi connectivity index (χ1) is 12.6. The third-order valence-corrected chi connectivity index (χ3v) is 6.16. The molecule has 0 aliphatic carbocycles. The van der Waals surface area contributed by atoms with Crippen LogP contribution in [0, 0.1) is 17.8 Å². The fraction of sp³-hybridized carbons (Fsp3) is 0.938. The number of rotatable bonds is 3. The van der Waals surface area contributed by atoms with Gasteiger partial charge in [-0.15, -0.1) is 0 Å². The summed E-state index contributed by atoms with van der Waals surface area (Å²) >= 11 is 0. The van der Waals surface area contributed by atoms with Gasteiger partial charge in [-0.1, -0.05) is 0 Å². The Morgan fingerprint density at radius 1 is 1.15 bits per heavy atom. The molecule has 0 saturated carbocycles. The van der Waals surface area contributed by atoms with Gasteiger partial charge >= 0.3 is 0 Å². The van der Waals surface area contributed by atoms with E-state index < -0.39 is 18.3 Å². The molecule has 0 spiro atoms. The average Bonchev–Trinajstić information content (AvgIpc) is 2.97. The summed E-state index contributed by atoms with van der Waals surface area (Å²) in [5, 5.41) is 18.3. The lowest BCUT2D eigenvalue weighted by atomic mass is 9.80. The van der Waals surface area contributed by atoms with Crippen LogP contribution >= 0.6 is 0 Å². The fourth-order valence-corrected chi connectivity index (χ4v) is 4.84. The van der Waals surface area contributed by atoms with E-state index in [9.17, 15) is 9.18 Å². The van der Waals surface area contributed by atoms with Crippen LogP contribution in [-0.2, 0) is 4.79 Å². The number of nitrogens with two attached hydrogens (primary N) is 1. The molecule has 6 unspecified atom stereocenters. The third-order valence-electron chi connectivity index (χ3n) is 6.16. The van der Waals surface area contributed by atoms with Gasteiger partial charge in [0.1, 0.15) is 6.17 Å². The third kappa shape index (κ3) is 3.72. The van der Waals surface area contributed by atoms with Crippen LogP contribution in [-0.4, -0.2) is 81.4 Å². The van der Waals surface area contributed by atoms with Crippen molar-refractivity contribution < 1.29 is 9.18 Å². The molecule has 4 fully saturated rings. The van der Waals surface area contributed by atoms with E-state index in [2.05, 4.69) is 32.0 Å². The number of nitrogens with zero attached hydrogens (tertiary/aromatic N) is 1. The molecule has 4 aliphatic heterocycles. The molecule has 0 aromatic rings.